The summed E-state index contributed by atoms with van der Waals surface area (Å²) < 4.78 is 15.1. The molecule has 10 nitrogen and oxygen atoms in total. The fourth-order valence-corrected chi connectivity index (χ4v) is 4.84. The van der Waals surface area contributed by atoms with E-state index >= 15 is 4.39 Å². The molecule has 4 aromatic rings. The van der Waals surface area contributed by atoms with Crippen LogP contribution in [0.4, 0.5) is 27.7 Å². The highest BCUT2D eigenvalue weighted by atomic mass is 19.1. The van der Waals surface area contributed by atoms with E-state index in [1.165, 1.54) is 23.2 Å². The molecule has 6 rings (SSSR count). The van der Waals surface area contributed by atoms with Crippen LogP contribution in [0.1, 0.15) is 45.8 Å². The molecule has 0 saturated heterocycles. The number of benzene rings is 2. The van der Waals surface area contributed by atoms with E-state index in [1.807, 2.05) is 6.07 Å². The van der Waals surface area contributed by atoms with Crippen molar-refractivity contribution in [3.05, 3.63) is 76.7 Å². The van der Waals surface area contributed by atoms with Gasteiger partial charge >= 0.3 is 0 Å². The van der Waals surface area contributed by atoms with E-state index in [-0.39, 0.29) is 29.2 Å². The smallest absolute Gasteiger partial charge is 0.261 e. The van der Waals surface area contributed by atoms with Gasteiger partial charge in [-0.2, -0.15) is 15.0 Å². The minimum Gasteiger partial charge on any atom is -0.493 e. The highest BCUT2D eigenvalue weighted by Gasteiger charge is 2.33. The van der Waals surface area contributed by atoms with Gasteiger partial charge in [0, 0.05) is 23.7 Å². The van der Waals surface area contributed by atoms with Crippen LogP contribution in [-0.4, -0.2) is 42.6 Å². The number of rotatable bonds is 6. The number of aliphatic hydroxyl groups is 1. The van der Waals surface area contributed by atoms with Gasteiger partial charge in [-0.15, -0.1) is 0 Å². The first kappa shape index (κ1) is 23.7. The number of hydrogen-bond donors (Lipinski definition) is 4. The highest BCUT2D eigenvalue weighted by Crippen LogP contribution is 2.42. The Kier molecular flexibility index (Phi) is 5.84. The Balaban J connectivity index is 1.36. The maximum Gasteiger partial charge on any atom is 0.261 e. The van der Waals surface area contributed by atoms with Gasteiger partial charge in [-0.3, -0.25) is 4.79 Å². The van der Waals surface area contributed by atoms with Crippen LogP contribution < -0.4 is 16.0 Å². The second-order valence-electron chi connectivity index (χ2n) is 9.35. The summed E-state index contributed by atoms with van der Waals surface area (Å²) in [6.07, 6.45) is 4.01. The van der Waals surface area contributed by atoms with Crippen molar-refractivity contribution in [1.29, 1.82) is 0 Å². The lowest BCUT2D eigenvalue weighted by Crippen LogP contribution is -2.39. The Morgan fingerprint density at radius 2 is 1.97 bits per heavy atom. The Morgan fingerprint density at radius 3 is 2.71 bits per heavy atom. The van der Waals surface area contributed by atoms with Crippen molar-refractivity contribution in [2.24, 2.45) is 0 Å². The number of nitrogens with zero attached hydrogens (tertiary/aromatic N) is 5. The van der Waals surface area contributed by atoms with Crippen LogP contribution in [0, 0.1) is 5.82 Å². The van der Waals surface area contributed by atoms with Crippen molar-refractivity contribution in [1.82, 2.24) is 19.9 Å². The van der Waals surface area contributed by atoms with Crippen molar-refractivity contribution in [2.75, 3.05) is 22.5 Å². The van der Waals surface area contributed by atoms with E-state index in [2.05, 4.69) is 25.3 Å². The molecule has 2 aromatic heterocycles. The first-order chi connectivity index (χ1) is 18.4. The fraction of sp³-hybridized carbons (Fsp3) is 0.222. The largest absolute Gasteiger partial charge is 0.493 e. The van der Waals surface area contributed by atoms with Crippen LogP contribution in [0.15, 0.2) is 48.7 Å². The molecule has 0 spiro atoms. The third-order valence-electron chi connectivity index (χ3n) is 6.80. The van der Waals surface area contributed by atoms with E-state index in [0.717, 1.165) is 24.0 Å². The van der Waals surface area contributed by atoms with Gasteiger partial charge in [-0.1, -0.05) is 18.2 Å². The van der Waals surface area contributed by atoms with Crippen molar-refractivity contribution in [3.63, 3.8) is 0 Å². The summed E-state index contributed by atoms with van der Waals surface area (Å²) >= 11 is 0. The molecule has 192 valence electrons. The summed E-state index contributed by atoms with van der Waals surface area (Å²) in [5, 5.41) is 22.7. The standard InChI is InChI=1S/C27H24FN7O3/c28-20-11-16(14-4-5-14)10-15-8-9-35(25(38)23(15)20)21-3-1-2-18(19(21)13-36)24-32-26(29)34-27(33-24)31-17-6-7-22(37)30-12-17/h1-3,6-7,10-12,14,36H,4-5,8-9,13H2,(H,30,37)(H3,29,31,32,33,34). The molecule has 1 saturated carbocycles. The van der Waals surface area contributed by atoms with Crippen molar-refractivity contribution in [2.45, 2.75) is 31.8 Å². The number of carbonyl (C=O) groups excluding carboxylic acids is 1. The molecule has 2 aliphatic rings. The topological polar surface area (TPSA) is 150 Å². The molecule has 2 aromatic carbocycles. The summed E-state index contributed by atoms with van der Waals surface area (Å²) in [5.41, 5.74) is 9.53. The van der Waals surface area contributed by atoms with Gasteiger partial charge in [0.1, 0.15) is 5.82 Å². The number of halogens is 1. The minimum atomic E-state index is -0.509. The summed E-state index contributed by atoms with van der Waals surface area (Å²) in [5.74, 6) is -0.448. The number of hydrogen-bond acceptors (Lipinski definition) is 9. The molecule has 0 atom stereocenters. The molecule has 5 N–H and O–H groups in total. The number of aromatic nitrogens is 4. The van der Waals surface area contributed by atoms with E-state index < -0.39 is 18.3 Å². The number of nitrogens with one attached hydrogen (secondary N) is 1. The van der Waals surface area contributed by atoms with Gasteiger partial charge < -0.3 is 26.2 Å². The Hall–Kier alpha value is -4.64. The van der Waals surface area contributed by atoms with Crippen LogP contribution in [0.2, 0.25) is 0 Å². The number of aromatic hydroxyl groups is 1. The molecular formula is C27H24FN7O3. The van der Waals surface area contributed by atoms with Crippen LogP contribution in [0.5, 0.6) is 5.88 Å². The van der Waals surface area contributed by atoms with Gasteiger partial charge in [0.25, 0.3) is 5.91 Å². The number of anilines is 4. The highest BCUT2D eigenvalue weighted by molar-refractivity contribution is 6.09. The Labute approximate surface area is 217 Å². The maximum atomic E-state index is 15.1. The zero-order chi connectivity index (χ0) is 26.4. The molecule has 3 heterocycles. The average molecular weight is 514 g/mol. The number of fused-ring (bicyclic) bond motifs is 1. The monoisotopic (exact) mass is 513 g/mol. The predicted molar refractivity (Wildman–Crippen MR) is 139 cm³/mol. The van der Waals surface area contributed by atoms with Gasteiger partial charge in [0.15, 0.2) is 5.82 Å². The zero-order valence-electron chi connectivity index (χ0n) is 20.2. The van der Waals surface area contributed by atoms with Crippen molar-refractivity contribution >= 4 is 29.2 Å². The van der Waals surface area contributed by atoms with E-state index in [4.69, 9.17) is 5.73 Å². The van der Waals surface area contributed by atoms with Crippen LogP contribution >= 0.6 is 0 Å². The number of nitrogen functional groups attached to an aromatic ring is 1. The first-order valence-electron chi connectivity index (χ1n) is 12.2. The van der Waals surface area contributed by atoms with Gasteiger partial charge in [-0.25, -0.2) is 9.37 Å². The summed E-state index contributed by atoms with van der Waals surface area (Å²) in [6.45, 7) is -0.0721. The quantitative estimate of drug-likeness (QED) is 0.303. The van der Waals surface area contributed by atoms with E-state index in [0.29, 0.717) is 41.4 Å². The van der Waals surface area contributed by atoms with E-state index in [9.17, 15) is 15.0 Å². The normalized spacial score (nSPS) is 14.9. The van der Waals surface area contributed by atoms with Crippen LogP contribution in [-0.2, 0) is 13.0 Å². The molecular weight excluding hydrogens is 489 g/mol. The molecule has 0 bridgehead atoms. The number of aliphatic hydroxyl groups excluding tert-OH is 1. The molecule has 0 radical (unpaired) electrons. The van der Waals surface area contributed by atoms with Crippen LogP contribution in [0.25, 0.3) is 11.4 Å². The molecule has 0 unspecified atom stereocenters. The summed E-state index contributed by atoms with van der Waals surface area (Å²) in [6, 6.07) is 11.6. The van der Waals surface area contributed by atoms with Crippen LogP contribution in [0.3, 0.4) is 0 Å². The van der Waals surface area contributed by atoms with Gasteiger partial charge in [-0.05, 0) is 54.5 Å². The average Bonchev–Trinajstić information content (AvgIpc) is 3.75. The second kappa shape index (κ2) is 9.34. The molecule has 38 heavy (non-hydrogen) atoms. The van der Waals surface area contributed by atoms with Gasteiger partial charge in [0.2, 0.25) is 17.8 Å². The number of amides is 1. The van der Waals surface area contributed by atoms with Gasteiger partial charge in [0.05, 0.1) is 29.7 Å². The van der Waals surface area contributed by atoms with Crippen molar-refractivity contribution < 1.29 is 19.4 Å². The summed E-state index contributed by atoms with van der Waals surface area (Å²) in [4.78, 5) is 31.6. The number of pyridine rings is 1. The second-order valence-corrected chi connectivity index (χ2v) is 9.35. The molecule has 11 heteroatoms. The summed E-state index contributed by atoms with van der Waals surface area (Å²) in [7, 11) is 0. The molecule has 1 aliphatic heterocycles. The fourth-order valence-electron chi connectivity index (χ4n) is 4.84. The predicted octanol–water partition coefficient (Wildman–Crippen LogP) is 3.68. The third-order valence-corrected chi connectivity index (χ3v) is 6.80. The molecule has 1 fully saturated rings. The lowest BCUT2D eigenvalue weighted by atomic mass is 9.93. The maximum absolute atomic E-state index is 15.1. The Bertz CT molecular complexity index is 1560. The first-order valence-corrected chi connectivity index (χ1v) is 12.2. The molecule has 1 aliphatic carbocycles. The minimum absolute atomic E-state index is 0.0601. The zero-order valence-corrected chi connectivity index (χ0v) is 20.2. The Morgan fingerprint density at radius 1 is 1.13 bits per heavy atom. The van der Waals surface area contributed by atoms with E-state index in [1.54, 1.807) is 24.3 Å². The third kappa shape index (κ3) is 4.37. The molecule has 1 amide bonds. The lowest BCUT2D eigenvalue weighted by molar-refractivity contribution is 0.0976. The lowest BCUT2D eigenvalue weighted by Gasteiger charge is -2.31. The number of carbonyl (C=O) groups is 1. The SMILES string of the molecule is Nc1nc(Nc2ccc(O)nc2)nc(-c2cccc(N3CCc4cc(C5CC5)cc(F)c4C3=O)c2CO)n1. The van der Waals surface area contributed by atoms with Crippen molar-refractivity contribution in [3.8, 4) is 17.3 Å². The number of nitrogens with two attached hydrogens (primary N) is 1.